The molecular weight excluding hydrogens is 314 g/mol. The Morgan fingerprint density at radius 1 is 1.20 bits per heavy atom. The second kappa shape index (κ2) is 5.29. The first kappa shape index (κ1) is 13.2. The van der Waals surface area contributed by atoms with Crippen molar-refractivity contribution in [3.63, 3.8) is 0 Å². The molecule has 0 radical (unpaired) electrons. The highest BCUT2D eigenvalue weighted by Gasteiger charge is 2.08. The van der Waals surface area contributed by atoms with Gasteiger partial charge in [0.05, 0.1) is 17.8 Å². The van der Waals surface area contributed by atoms with Gasteiger partial charge in [-0.15, -0.1) is 0 Å². The van der Waals surface area contributed by atoms with Gasteiger partial charge in [-0.2, -0.15) is 5.10 Å². The summed E-state index contributed by atoms with van der Waals surface area (Å²) in [4.78, 5) is 0. The summed E-state index contributed by atoms with van der Waals surface area (Å²) in [5, 5.41) is 9.25. The molecule has 102 valence electrons. The number of benzene rings is 2. The van der Waals surface area contributed by atoms with Gasteiger partial charge in [-0.1, -0.05) is 24.3 Å². The summed E-state index contributed by atoms with van der Waals surface area (Å²) >= 11 is 3.57. The van der Waals surface area contributed by atoms with Crippen molar-refractivity contribution < 1.29 is 0 Å². The average molecular weight is 330 g/mol. The standard InChI is InChI=1S/C16H16BrN3/c1-11-7-8-13(17)14(9-11)18-10-15-12-5-3-4-6-16(12)20(2)19-15/h3-9,18H,10H2,1-2H3. The molecule has 0 bridgehead atoms. The quantitative estimate of drug-likeness (QED) is 0.778. The van der Waals surface area contributed by atoms with Crippen LogP contribution in [0.3, 0.4) is 0 Å². The first-order valence-corrected chi connectivity index (χ1v) is 7.35. The van der Waals surface area contributed by atoms with Crippen LogP contribution in [0.15, 0.2) is 46.9 Å². The molecule has 0 aliphatic rings. The van der Waals surface area contributed by atoms with E-state index in [-0.39, 0.29) is 0 Å². The van der Waals surface area contributed by atoms with Crippen LogP contribution in [0, 0.1) is 6.92 Å². The number of nitrogens with one attached hydrogen (secondary N) is 1. The lowest BCUT2D eigenvalue weighted by molar-refractivity contribution is 0.771. The number of nitrogens with zero attached hydrogens (tertiary/aromatic N) is 2. The van der Waals surface area contributed by atoms with Crippen molar-refractivity contribution in [2.75, 3.05) is 5.32 Å². The Morgan fingerprint density at radius 2 is 2.00 bits per heavy atom. The summed E-state index contributed by atoms with van der Waals surface area (Å²) < 4.78 is 3.00. The molecule has 0 saturated heterocycles. The molecule has 0 aliphatic carbocycles. The third kappa shape index (κ3) is 2.43. The Morgan fingerprint density at radius 3 is 2.85 bits per heavy atom. The fraction of sp³-hybridized carbons (Fsp3) is 0.188. The Bertz CT molecular complexity index is 762. The molecule has 20 heavy (non-hydrogen) atoms. The van der Waals surface area contributed by atoms with E-state index in [9.17, 15) is 0 Å². The molecule has 0 saturated carbocycles. The van der Waals surface area contributed by atoms with Gasteiger partial charge < -0.3 is 5.32 Å². The lowest BCUT2D eigenvalue weighted by Crippen LogP contribution is -2.02. The number of hydrogen-bond donors (Lipinski definition) is 1. The Kier molecular flexibility index (Phi) is 3.49. The summed E-state index contributed by atoms with van der Waals surface area (Å²) in [6.07, 6.45) is 0. The van der Waals surface area contributed by atoms with Gasteiger partial charge in [-0.25, -0.2) is 0 Å². The lowest BCUT2D eigenvalue weighted by atomic mass is 10.2. The van der Waals surface area contributed by atoms with Gasteiger partial charge in [0.15, 0.2) is 0 Å². The van der Waals surface area contributed by atoms with Crippen LogP contribution in [0.2, 0.25) is 0 Å². The van der Waals surface area contributed by atoms with E-state index in [1.54, 1.807) is 0 Å². The van der Waals surface area contributed by atoms with Crippen LogP contribution in [-0.4, -0.2) is 9.78 Å². The predicted octanol–water partition coefficient (Wildman–Crippen LogP) is 4.26. The molecular formula is C16H16BrN3. The van der Waals surface area contributed by atoms with Crippen molar-refractivity contribution in [1.29, 1.82) is 0 Å². The number of fused-ring (bicyclic) bond motifs is 1. The lowest BCUT2D eigenvalue weighted by Gasteiger charge is -2.08. The number of anilines is 1. The maximum Gasteiger partial charge on any atom is 0.0894 e. The zero-order chi connectivity index (χ0) is 14.1. The van der Waals surface area contributed by atoms with Gasteiger partial charge in [-0.05, 0) is 46.6 Å². The van der Waals surface area contributed by atoms with Crippen molar-refractivity contribution in [3.8, 4) is 0 Å². The van der Waals surface area contributed by atoms with Crippen molar-refractivity contribution in [2.45, 2.75) is 13.5 Å². The molecule has 0 atom stereocenters. The molecule has 0 unspecified atom stereocenters. The molecule has 3 nitrogen and oxygen atoms in total. The number of halogens is 1. The number of aryl methyl sites for hydroxylation is 2. The number of para-hydroxylation sites is 1. The first-order valence-electron chi connectivity index (χ1n) is 6.56. The van der Waals surface area contributed by atoms with Crippen molar-refractivity contribution in [1.82, 2.24) is 9.78 Å². The van der Waals surface area contributed by atoms with Gasteiger partial charge in [0, 0.05) is 22.6 Å². The third-order valence-corrected chi connectivity index (χ3v) is 4.09. The molecule has 4 heteroatoms. The molecule has 3 rings (SSSR count). The number of rotatable bonds is 3. The van der Waals surface area contributed by atoms with Crippen LogP contribution < -0.4 is 5.32 Å². The summed E-state index contributed by atoms with van der Waals surface area (Å²) in [5.74, 6) is 0. The monoisotopic (exact) mass is 329 g/mol. The highest BCUT2D eigenvalue weighted by atomic mass is 79.9. The summed E-state index contributed by atoms with van der Waals surface area (Å²) in [5.41, 5.74) is 4.56. The molecule has 0 aliphatic heterocycles. The maximum absolute atomic E-state index is 4.60. The van der Waals surface area contributed by atoms with E-state index in [2.05, 4.69) is 69.7 Å². The van der Waals surface area contributed by atoms with Crippen LogP contribution in [0.5, 0.6) is 0 Å². The molecule has 0 fully saturated rings. The minimum absolute atomic E-state index is 0.712. The number of hydrogen-bond acceptors (Lipinski definition) is 2. The highest BCUT2D eigenvalue weighted by Crippen LogP contribution is 2.25. The van der Waals surface area contributed by atoms with Gasteiger partial charge in [0.2, 0.25) is 0 Å². The molecule has 1 aromatic heterocycles. The van der Waals surface area contributed by atoms with Crippen LogP contribution in [0.25, 0.3) is 10.9 Å². The maximum atomic E-state index is 4.60. The third-order valence-electron chi connectivity index (χ3n) is 3.40. The minimum atomic E-state index is 0.712. The van der Waals surface area contributed by atoms with Crippen LogP contribution >= 0.6 is 15.9 Å². The van der Waals surface area contributed by atoms with E-state index in [1.165, 1.54) is 10.9 Å². The second-order valence-corrected chi connectivity index (χ2v) is 5.78. The summed E-state index contributed by atoms with van der Waals surface area (Å²) in [6.45, 7) is 2.80. The topological polar surface area (TPSA) is 29.9 Å². The van der Waals surface area contributed by atoms with E-state index < -0.39 is 0 Å². The zero-order valence-electron chi connectivity index (χ0n) is 11.5. The number of aromatic nitrogens is 2. The van der Waals surface area contributed by atoms with Crippen LogP contribution in [-0.2, 0) is 13.6 Å². The molecule has 0 spiro atoms. The SMILES string of the molecule is Cc1ccc(Br)c(NCc2nn(C)c3ccccc23)c1. The van der Waals surface area contributed by atoms with E-state index in [4.69, 9.17) is 0 Å². The van der Waals surface area contributed by atoms with E-state index >= 15 is 0 Å². The highest BCUT2D eigenvalue weighted by molar-refractivity contribution is 9.10. The minimum Gasteiger partial charge on any atom is -0.378 e. The zero-order valence-corrected chi connectivity index (χ0v) is 13.1. The van der Waals surface area contributed by atoms with Gasteiger partial charge in [0.1, 0.15) is 0 Å². The molecule has 1 N–H and O–H groups in total. The van der Waals surface area contributed by atoms with Crippen molar-refractivity contribution >= 4 is 32.5 Å². The van der Waals surface area contributed by atoms with E-state index in [0.29, 0.717) is 6.54 Å². The predicted molar refractivity (Wildman–Crippen MR) is 86.9 cm³/mol. The Labute approximate surface area is 126 Å². The van der Waals surface area contributed by atoms with Crippen molar-refractivity contribution in [2.24, 2.45) is 7.05 Å². The van der Waals surface area contributed by atoms with Gasteiger partial charge >= 0.3 is 0 Å². The molecule has 3 aromatic rings. The van der Waals surface area contributed by atoms with Crippen LogP contribution in [0.4, 0.5) is 5.69 Å². The first-order chi connectivity index (χ1) is 9.65. The Hall–Kier alpha value is -1.81. The molecule has 2 aromatic carbocycles. The van der Waals surface area contributed by atoms with E-state index in [0.717, 1.165) is 21.4 Å². The summed E-state index contributed by atoms with van der Waals surface area (Å²) in [7, 11) is 1.98. The largest absolute Gasteiger partial charge is 0.378 e. The smallest absolute Gasteiger partial charge is 0.0894 e. The molecule has 0 amide bonds. The normalized spacial score (nSPS) is 10.9. The Balaban J connectivity index is 1.89. The average Bonchev–Trinajstić information content (AvgIpc) is 2.77. The second-order valence-electron chi connectivity index (χ2n) is 4.92. The molecule has 1 heterocycles. The van der Waals surface area contributed by atoms with Gasteiger partial charge in [-0.3, -0.25) is 4.68 Å². The van der Waals surface area contributed by atoms with Crippen LogP contribution in [0.1, 0.15) is 11.3 Å². The van der Waals surface area contributed by atoms with E-state index in [1.807, 2.05) is 17.8 Å². The fourth-order valence-corrected chi connectivity index (χ4v) is 2.76. The van der Waals surface area contributed by atoms with Crippen molar-refractivity contribution in [3.05, 3.63) is 58.2 Å². The fourth-order valence-electron chi connectivity index (χ4n) is 2.37. The summed E-state index contributed by atoms with van der Waals surface area (Å²) in [6, 6.07) is 14.6. The van der Waals surface area contributed by atoms with Gasteiger partial charge in [0.25, 0.3) is 0 Å².